The summed E-state index contributed by atoms with van der Waals surface area (Å²) in [5.74, 6) is 2.66. The van der Waals surface area contributed by atoms with Crippen molar-refractivity contribution in [3.63, 3.8) is 0 Å². The molecule has 0 aliphatic heterocycles. The summed E-state index contributed by atoms with van der Waals surface area (Å²) >= 11 is 1.47. The van der Waals surface area contributed by atoms with Crippen molar-refractivity contribution >= 4 is 28.3 Å². The smallest absolute Gasteiger partial charge is 0.261 e. The molecule has 2 heterocycles. The van der Waals surface area contributed by atoms with E-state index in [1.807, 2.05) is 47.8 Å². The first-order valence-corrected chi connectivity index (χ1v) is 12.7. The molecule has 4 aromatic rings. The molecule has 0 bridgehead atoms. The Morgan fingerprint density at radius 2 is 1.79 bits per heavy atom. The standard InChI is InChI=1S/C27H31N3O3S/c1-32-23-13-6-7-14-24(23)33-19-10-18-30-22-12-5-4-11-21(22)29-26(30)16-3-2-8-17-28-27(31)25-15-9-20-34-25/h4-7,9,11-15,20H,2-3,8,10,16-19H2,1H3,(H,28,31). The van der Waals surface area contributed by atoms with Crippen molar-refractivity contribution in [3.05, 3.63) is 76.7 Å². The fourth-order valence-corrected chi connectivity index (χ4v) is 4.63. The third-order valence-corrected chi connectivity index (χ3v) is 6.56. The predicted molar refractivity (Wildman–Crippen MR) is 137 cm³/mol. The molecule has 2 aromatic heterocycles. The maximum Gasteiger partial charge on any atom is 0.261 e. The van der Waals surface area contributed by atoms with E-state index in [2.05, 4.69) is 28.1 Å². The zero-order valence-corrected chi connectivity index (χ0v) is 20.4. The second kappa shape index (κ2) is 12.2. The Morgan fingerprint density at radius 3 is 2.62 bits per heavy atom. The third-order valence-electron chi connectivity index (χ3n) is 5.69. The second-order valence-corrected chi connectivity index (χ2v) is 9.01. The molecule has 4 rings (SSSR count). The number of benzene rings is 2. The van der Waals surface area contributed by atoms with Crippen LogP contribution in [0.3, 0.4) is 0 Å². The molecule has 1 N–H and O–H groups in total. The number of amides is 1. The fourth-order valence-electron chi connectivity index (χ4n) is 3.99. The average molecular weight is 478 g/mol. The van der Waals surface area contributed by atoms with Crippen molar-refractivity contribution in [3.8, 4) is 11.5 Å². The van der Waals surface area contributed by atoms with Crippen LogP contribution in [0, 0.1) is 0 Å². The Labute approximate surface area is 204 Å². The van der Waals surface area contributed by atoms with Crippen LogP contribution in [-0.2, 0) is 13.0 Å². The van der Waals surface area contributed by atoms with Gasteiger partial charge in [0.15, 0.2) is 11.5 Å². The number of hydrogen-bond donors (Lipinski definition) is 1. The number of nitrogens with one attached hydrogen (secondary N) is 1. The molecule has 0 saturated carbocycles. The van der Waals surface area contributed by atoms with Crippen LogP contribution < -0.4 is 14.8 Å². The molecule has 0 aliphatic carbocycles. The van der Waals surface area contributed by atoms with E-state index in [0.29, 0.717) is 13.2 Å². The lowest BCUT2D eigenvalue weighted by Crippen LogP contribution is -2.23. The van der Waals surface area contributed by atoms with E-state index in [1.54, 1.807) is 7.11 Å². The molecule has 178 valence electrons. The minimum atomic E-state index is 0.0205. The predicted octanol–water partition coefficient (Wildman–Crippen LogP) is 5.72. The number of hydrogen-bond acceptors (Lipinski definition) is 5. The molecule has 0 atom stereocenters. The van der Waals surface area contributed by atoms with Gasteiger partial charge in [0.2, 0.25) is 0 Å². The first-order valence-electron chi connectivity index (χ1n) is 11.8. The molecule has 0 radical (unpaired) electrons. The maximum absolute atomic E-state index is 12.0. The van der Waals surface area contributed by atoms with Crippen LogP contribution in [0.15, 0.2) is 66.0 Å². The van der Waals surface area contributed by atoms with Gasteiger partial charge in [-0.2, -0.15) is 0 Å². The van der Waals surface area contributed by atoms with Crippen LogP contribution in [0.25, 0.3) is 11.0 Å². The fraction of sp³-hybridized carbons (Fsp3) is 0.333. The van der Waals surface area contributed by atoms with Gasteiger partial charge in [0.25, 0.3) is 5.91 Å². The van der Waals surface area contributed by atoms with Crippen molar-refractivity contribution in [2.75, 3.05) is 20.3 Å². The number of rotatable bonds is 13. The molecule has 0 fully saturated rings. The van der Waals surface area contributed by atoms with Crippen LogP contribution in [0.5, 0.6) is 11.5 Å². The minimum absolute atomic E-state index is 0.0205. The summed E-state index contributed by atoms with van der Waals surface area (Å²) in [5.41, 5.74) is 2.20. The van der Waals surface area contributed by atoms with Gasteiger partial charge in [-0.05, 0) is 55.0 Å². The van der Waals surface area contributed by atoms with Crippen LogP contribution in [0.4, 0.5) is 0 Å². The number of aryl methyl sites for hydroxylation is 2. The Kier molecular flexibility index (Phi) is 8.57. The number of aromatic nitrogens is 2. The van der Waals surface area contributed by atoms with Crippen molar-refractivity contribution in [2.45, 2.75) is 38.6 Å². The lowest BCUT2D eigenvalue weighted by atomic mass is 10.2. The van der Waals surface area contributed by atoms with Gasteiger partial charge < -0.3 is 19.4 Å². The summed E-state index contributed by atoms with van der Waals surface area (Å²) in [6, 6.07) is 19.8. The van der Waals surface area contributed by atoms with Gasteiger partial charge >= 0.3 is 0 Å². The molecule has 0 spiro atoms. The molecule has 2 aromatic carbocycles. The molecular formula is C27H31N3O3S. The molecule has 0 saturated heterocycles. The zero-order chi connectivity index (χ0) is 23.6. The van der Waals surface area contributed by atoms with E-state index >= 15 is 0 Å². The van der Waals surface area contributed by atoms with Crippen LogP contribution in [0.1, 0.15) is 41.2 Å². The second-order valence-electron chi connectivity index (χ2n) is 8.07. The largest absolute Gasteiger partial charge is 0.493 e. The van der Waals surface area contributed by atoms with Gasteiger partial charge in [0.05, 0.1) is 29.6 Å². The normalized spacial score (nSPS) is 11.0. The number of unbranched alkanes of at least 4 members (excludes halogenated alkanes) is 2. The minimum Gasteiger partial charge on any atom is -0.493 e. The highest BCUT2D eigenvalue weighted by atomic mass is 32.1. The van der Waals surface area contributed by atoms with Crippen molar-refractivity contribution in [1.29, 1.82) is 0 Å². The summed E-state index contributed by atoms with van der Waals surface area (Å²) in [7, 11) is 1.66. The van der Waals surface area contributed by atoms with E-state index < -0.39 is 0 Å². The summed E-state index contributed by atoms with van der Waals surface area (Å²) in [6.07, 6.45) is 4.84. The number of para-hydroxylation sites is 4. The monoisotopic (exact) mass is 477 g/mol. The third kappa shape index (κ3) is 6.17. The van der Waals surface area contributed by atoms with Crippen molar-refractivity contribution in [2.24, 2.45) is 0 Å². The zero-order valence-electron chi connectivity index (χ0n) is 19.5. The highest BCUT2D eigenvalue weighted by Gasteiger charge is 2.11. The number of carbonyl (C=O) groups excluding carboxylic acids is 1. The Morgan fingerprint density at radius 1 is 0.971 bits per heavy atom. The lowest BCUT2D eigenvalue weighted by Gasteiger charge is -2.12. The number of ether oxygens (including phenoxy) is 2. The van der Waals surface area contributed by atoms with Gasteiger partial charge in [-0.3, -0.25) is 4.79 Å². The van der Waals surface area contributed by atoms with Crippen molar-refractivity contribution < 1.29 is 14.3 Å². The Bertz CT molecular complexity index is 1190. The maximum atomic E-state index is 12.0. The average Bonchev–Trinajstić information content (AvgIpc) is 3.53. The number of fused-ring (bicyclic) bond motifs is 1. The van der Waals surface area contributed by atoms with Gasteiger partial charge in [-0.1, -0.05) is 36.8 Å². The SMILES string of the molecule is COc1ccccc1OCCCn1c(CCCCCNC(=O)c2cccs2)nc2ccccc21. The van der Waals surface area contributed by atoms with Crippen LogP contribution >= 0.6 is 11.3 Å². The molecular weight excluding hydrogens is 446 g/mol. The Hall–Kier alpha value is -3.32. The number of methoxy groups -OCH3 is 1. The van der Waals surface area contributed by atoms with E-state index in [9.17, 15) is 4.79 Å². The Balaban J connectivity index is 1.26. The van der Waals surface area contributed by atoms with E-state index in [1.165, 1.54) is 11.3 Å². The highest BCUT2D eigenvalue weighted by Crippen LogP contribution is 2.26. The van der Waals surface area contributed by atoms with Gasteiger partial charge in [0.1, 0.15) is 5.82 Å². The summed E-state index contributed by atoms with van der Waals surface area (Å²) < 4.78 is 13.6. The molecule has 0 aliphatic rings. The van der Waals surface area contributed by atoms with Gasteiger partial charge in [-0.25, -0.2) is 4.98 Å². The number of carbonyl (C=O) groups is 1. The van der Waals surface area contributed by atoms with E-state index in [0.717, 1.165) is 71.9 Å². The molecule has 1 amide bonds. The van der Waals surface area contributed by atoms with E-state index in [-0.39, 0.29) is 5.91 Å². The topological polar surface area (TPSA) is 65.4 Å². The quantitative estimate of drug-likeness (QED) is 0.250. The summed E-state index contributed by atoms with van der Waals surface area (Å²) in [5, 5.41) is 4.92. The number of thiophene rings is 1. The number of nitrogens with zero attached hydrogens (tertiary/aromatic N) is 2. The number of imidazole rings is 1. The van der Waals surface area contributed by atoms with E-state index in [4.69, 9.17) is 14.5 Å². The molecule has 7 heteroatoms. The first kappa shape index (κ1) is 23.8. The highest BCUT2D eigenvalue weighted by molar-refractivity contribution is 7.12. The van der Waals surface area contributed by atoms with Crippen LogP contribution in [0.2, 0.25) is 0 Å². The van der Waals surface area contributed by atoms with Crippen molar-refractivity contribution in [1.82, 2.24) is 14.9 Å². The lowest BCUT2D eigenvalue weighted by molar-refractivity contribution is 0.0957. The van der Waals surface area contributed by atoms with Crippen LogP contribution in [-0.4, -0.2) is 35.7 Å². The molecule has 0 unspecified atom stereocenters. The molecule has 6 nitrogen and oxygen atoms in total. The van der Waals surface area contributed by atoms with Gasteiger partial charge in [-0.15, -0.1) is 11.3 Å². The van der Waals surface area contributed by atoms with Gasteiger partial charge in [0, 0.05) is 19.5 Å². The summed E-state index contributed by atoms with van der Waals surface area (Å²) in [4.78, 5) is 17.7. The first-order chi connectivity index (χ1) is 16.8. The summed E-state index contributed by atoms with van der Waals surface area (Å²) in [6.45, 7) is 2.16. The molecule has 34 heavy (non-hydrogen) atoms.